The molecule has 0 unspecified atom stereocenters. The van der Waals surface area contributed by atoms with Crippen LogP contribution in [0.2, 0.25) is 0 Å². The molecule has 30 heavy (non-hydrogen) atoms. The number of nitrogens with zero attached hydrogens (tertiary/aromatic N) is 2. The number of imide groups is 1. The third kappa shape index (κ3) is 3.96. The van der Waals surface area contributed by atoms with E-state index < -0.39 is 11.6 Å². The van der Waals surface area contributed by atoms with Gasteiger partial charge in [-0.1, -0.05) is 25.0 Å². The number of anilines is 2. The molecule has 9 nitrogen and oxygen atoms in total. The molecule has 3 N–H and O–H groups in total. The van der Waals surface area contributed by atoms with Gasteiger partial charge >= 0.3 is 12.1 Å². The lowest BCUT2D eigenvalue weighted by molar-refractivity contribution is -0.131. The predicted molar refractivity (Wildman–Crippen MR) is 111 cm³/mol. The molecule has 9 heteroatoms. The second kappa shape index (κ2) is 8.33. The molecule has 1 aromatic rings. The Kier molecular flexibility index (Phi) is 5.61. The summed E-state index contributed by atoms with van der Waals surface area (Å²) in [4.78, 5) is 52.6. The first-order valence-electron chi connectivity index (χ1n) is 10.6. The topological polar surface area (TPSA) is 111 Å². The van der Waals surface area contributed by atoms with Crippen molar-refractivity contribution in [2.75, 3.05) is 30.3 Å². The molecule has 0 atom stereocenters. The highest BCUT2D eigenvalue weighted by atomic mass is 16.2. The summed E-state index contributed by atoms with van der Waals surface area (Å²) in [6, 6.07) is 6.37. The molecule has 4 rings (SSSR count). The van der Waals surface area contributed by atoms with Gasteiger partial charge in [-0.3, -0.25) is 14.5 Å². The molecule has 1 aliphatic carbocycles. The van der Waals surface area contributed by atoms with E-state index >= 15 is 0 Å². The Hall–Kier alpha value is -3.10. The highest BCUT2D eigenvalue weighted by Crippen LogP contribution is 2.35. The summed E-state index contributed by atoms with van der Waals surface area (Å²) < 4.78 is 0. The largest absolute Gasteiger partial charge is 0.325 e. The summed E-state index contributed by atoms with van der Waals surface area (Å²) in [5.74, 6) is -0.554. The quantitative estimate of drug-likeness (QED) is 0.644. The van der Waals surface area contributed by atoms with Crippen LogP contribution in [0.1, 0.15) is 44.9 Å². The van der Waals surface area contributed by atoms with E-state index in [0.29, 0.717) is 24.2 Å². The van der Waals surface area contributed by atoms with Crippen LogP contribution >= 0.6 is 0 Å². The minimum Gasteiger partial charge on any atom is -0.325 e. The van der Waals surface area contributed by atoms with Crippen LogP contribution in [0.25, 0.3) is 0 Å². The average molecular weight is 413 g/mol. The molecule has 6 amide bonds. The Bertz CT molecular complexity index is 859. The van der Waals surface area contributed by atoms with E-state index in [1.807, 2.05) is 0 Å². The second-order valence-electron chi connectivity index (χ2n) is 8.14. The van der Waals surface area contributed by atoms with Crippen LogP contribution in [0.5, 0.6) is 0 Å². The number of carbonyl (C=O) groups is 4. The molecule has 3 fully saturated rings. The molecule has 0 bridgehead atoms. The summed E-state index contributed by atoms with van der Waals surface area (Å²) >= 11 is 0. The molecule has 1 aromatic carbocycles. The first-order valence-corrected chi connectivity index (χ1v) is 10.6. The highest BCUT2D eigenvalue weighted by Gasteiger charge is 2.52. The van der Waals surface area contributed by atoms with E-state index in [2.05, 4.69) is 16.0 Å². The fourth-order valence-corrected chi connectivity index (χ4v) is 4.44. The fourth-order valence-electron chi connectivity index (χ4n) is 4.44. The van der Waals surface area contributed by atoms with Crippen molar-refractivity contribution in [3.05, 3.63) is 24.3 Å². The summed E-state index contributed by atoms with van der Waals surface area (Å²) in [6.07, 6.45) is 5.13. The van der Waals surface area contributed by atoms with E-state index in [0.717, 1.165) is 43.7 Å². The van der Waals surface area contributed by atoms with Crippen molar-refractivity contribution in [2.45, 2.75) is 50.5 Å². The number of hydrogen-bond acceptors (Lipinski definition) is 4. The van der Waals surface area contributed by atoms with Crippen molar-refractivity contribution in [1.29, 1.82) is 0 Å². The van der Waals surface area contributed by atoms with Gasteiger partial charge in [0.05, 0.1) is 11.4 Å². The number of benzene rings is 1. The molecule has 0 radical (unpaired) electrons. The Balaban J connectivity index is 1.34. The average Bonchev–Trinajstić information content (AvgIpc) is 3.46. The van der Waals surface area contributed by atoms with Gasteiger partial charge in [0.15, 0.2) is 0 Å². The van der Waals surface area contributed by atoms with Gasteiger partial charge in [0.2, 0.25) is 5.91 Å². The molecule has 160 valence electrons. The van der Waals surface area contributed by atoms with Crippen LogP contribution in [0.3, 0.4) is 0 Å². The maximum Gasteiger partial charge on any atom is 0.325 e. The monoisotopic (exact) mass is 413 g/mol. The van der Waals surface area contributed by atoms with E-state index in [1.165, 1.54) is 0 Å². The molecule has 2 saturated heterocycles. The van der Waals surface area contributed by atoms with Crippen LogP contribution in [-0.2, 0) is 9.59 Å². The maximum atomic E-state index is 12.7. The van der Waals surface area contributed by atoms with Gasteiger partial charge in [-0.25, -0.2) is 9.59 Å². The van der Waals surface area contributed by atoms with Crippen molar-refractivity contribution in [3.8, 4) is 0 Å². The standard InChI is InChI=1S/C21H27N5O4/c27-17(9-14-26-18(28)21(24-20(26)30)10-3-4-11-21)22-15-7-1-2-8-16(15)23-19(29)25-12-5-6-13-25/h1-2,7-8H,3-6,9-14H2,(H,22,27)(H,23,29)(H,24,30). The first kappa shape index (κ1) is 20.2. The minimum atomic E-state index is -0.764. The lowest BCUT2D eigenvalue weighted by atomic mass is 9.98. The lowest BCUT2D eigenvalue weighted by Gasteiger charge is -2.20. The number of hydrogen-bond donors (Lipinski definition) is 3. The minimum absolute atomic E-state index is 0.0103. The number of nitrogens with one attached hydrogen (secondary N) is 3. The van der Waals surface area contributed by atoms with Gasteiger partial charge < -0.3 is 20.9 Å². The van der Waals surface area contributed by atoms with Gasteiger partial charge in [-0.15, -0.1) is 0 Å². The lowest BCUT2D eigenvalue weighted by Crippen LogP contribution is -2.44. The predicted octanol–water partition coefficient (Wildman–Crippen LogP) is 2.51. The van der Waals surface area contributed by atoms with Gasteiger partial charge in [0.25, 0.3) is 5.91 Å². The molecule has 0 aromatic heterocycles. The SMILES string of the molecule is O=C(CCN1C(=O)NC2(CCCC2)C1=O)Nc1ccccc1NC(=O)N1CCCC1. The van der Waals surface area contributed by atoms with Crippen molar-refractivity contribution in [1.82, 2.24) is 15.1 Å². The van der Waals surface area contributed by atoms with Gasteiger partial charge in [0.1, 0.15) is 5.54 Å². The smallest absolute Gasteiger partial charge is 0.325 e. The number of carbonyl (C=O) groups excluding carboxylic acids is 4. The van der Waals surface area contributed by atoms with E-state index in [9.17, 15) is 19.2 Å². The molecule has 2 aliphatic heterocycles. The van der Waals surface area contributed by atoms with Crippen molar-refractivity contribution >= 4 is 35.3 Å². The summed E-state index contributed by atoms with van der Waals surface area (Å²) in [5.41, 5.74) is 0.238. The van der Waals surface area contributed by atoms with Gasteiger partial charge in [-0.2, -0.15) is 0 Å². The molecular formula is C21H27N5O4. The zero-order valence-corrected chi connectivity index (χ0v) is 16.9. The zero-order chi connectivity index (χ0) is 21.1. The first-order chi connectivity index (χ1) is 14.5. The normalized spacial score (nSPS) is 20.0. The number of para-hydroxylation sites is 2. The second-order valence-corrected chi connectivity index (χ2v) is 8.14. The van der Waals surface area contributed by atoms with E-state index in [-0.39, 0.29) is 30.8 Å². The maximum absolute atomic E-state index is 12.7. The molecular weight excluding hydrogens is 386 g/mol. The van der Waals surface area contributed by atoms with Crippen LogP contribution in [-0.4, -0.2) is 58.8 Å². The zero-order valence-electron chi connectivity index (χ0n) is 16.9. The third-order valence-corrected chi connectivity index (χ3v) is 6.10. The van der Waals surface area contributed by atoms with E-state index in [1.54, 1.807) is 29.2 Å². The number of rotatable bonds is 5. The van der Waals surface area contributed by atoms with Gasteiger partial charge in [-0.05, 0) is 37.8 Å². The highest BCUT2D eigenvalue weighted by molar-refractivity contribution is 6.07. The van der Waals surface area contributed by atoms with E-state index in [4.69, 9.17) is 0 Å². The van der Waals surface area contributed by atoms with Crippen molar-refractivity contribution in [3.63, 3.8) is 0 Å². The van der Waals surface area contributed by atoms with Gasteiger partial charge in [0, 0.05) is 26.1 Å². The molecule has 1 saturated carbocycles. The molecule has 2 heterocycles. The van der Waals surface area contributed by atoms with Crippen molar-refractivity contribution < 1.29 is 19.2 Å². The summed E-state index contributed by atoms with van der Waals surface area (Å²) in [6.45, 7) is 1.49. The molecule has 1 spiro atoms. The van der Waals surface area contributed by atoms with Crippen LogP contribution < -0.4 is 16.0 Å². The number of likely N-dealkylation sites (tertiary alicyclic amines) is 1. The van der Waals surface area contributed by atoms with Crippen molar-refractivity contribution in [2.24, 2.45) is 0 Å². The Labute approximate surface area is 175 Å². The number of urea groups is 2. The molecule has 3 aliphatic rings. The Morgan fingerprint density at radius 2 is 1.60 bits per heavy atom. The summed E-state index contributed by atoms with van der Waals surface area (Å²) in [5, 5.41) is 8.44. The summed E-state index contributed by atoms with van der Waals surface area (Å²) in [7, 11) is 0. The fraction of sp³-hybridized carbons (Fsp3) is 0.524. The Morgan fingerprint density at radius 3 is 2.27 bits per heavy atom. The van der Waals surface area contributed by atoms with Crippen LogP contribution in [0.15, 0.2) is 24.3 Å². The number of amides is 6. The van der Waals surface area contributed by atoms with Crippen LogP contribution in [0.4, 0.5) is 21.0 Å². The van der Waals surface area contributed by atoms with Crippen LogP contribution in [0, 0.1) is 0 Å². The Morgan fingerprint density at radius 1 is 0.967 bits per heavy atom. The third-order valence-electron chi connectivity index (χ3n) is 6.10.